The van der Waals surface area contributed by atoms with Crippen molar-refractivity contribution < 1.29 is 9.59 Å². The maximum Gasteiger partial charge on any atom is 0.238 e. The Morgan fingerprint density at radius 2 is 2.07 bits per heavy atom. The molecule has 2 aliphatic heterocycles. The normalized spacial score (nSPS) is 26.0. The van der Waals surface area contributed by atoms with Crippen molar-refractivity contribution in [1.29, 1.82) is 0 Å². The van der Waals surface area contributed by atoms with Crippen molar-refractivity contribution in [2.75, 3.05) is 5.32 Å². The lowest BCUT2D eigenvalue weighted by atomic mass is 9.59. The molecule has 6 heteroatoms. The quantitative estimate of drug-likeness (QED) is 0.639. The van der Waals surface area contributed by atoms with Gasteiger partial charge in [-0.3, -0.25) is 9.59 Å². The summed E-state index contributed by atoms with van der Waals surface area (Å²) in [7, 11) is 0. The maximum absolute atomic E-state index is 13.6. The third kappa shape index (κ3) is 2.80. The first kappa shape index (κ1) is 19.2. The number of carbonyl (C=O) groups is 2. The van der Waals surface area contributed by atoms with E-state index in [-0.39, 0.29) is 24.2 Å². The first-order valence-corrected chi connectivity index (χ1v) is 10.4. The lowest BCUT2D eigenvalue weighted by Gasteiger charge is -2.47. The molecular weight excluding hydrogens is 440 g/mol. The van der Waals surface area contributed by atoms with Gasteiger partial charge in [0.15, 0.2) is 0 Å². The van der Waals surface area contributed by atoms with E-state index in [1.807, 2.05) is 37.3 Å². The van der Waals surface area contributed by atoms with Gasteiger partial charge >= 0.3 is 0 Å². The molecule has 0 unspecified atom stereocenters. The summed E-state index contributed by atoms with van der Waals surface area (Å²) in [6.07, 6.45) is 0.882. The summed E-state index contributed by atoms with van der Waals surface area (Å²) in [5.41, 5.74) is 2.35. The van der Waals surface area contributed by atoms with Gasteiger partial charge in [-0.15, -0.1) is 0 Å². The predicted octanol–water partition coefficient (Wildman–Crippen LogP) is 4.93. The van der Waals surface area contributed by atoms with Crippen LogP contribution in [-0.2, 0) is 15.0 Å². The first-order chi connectivity index (χ1) is 13.4. The van der Waals surface area contributed by atoms with Gasteiger partial charge in [0.2, 0.25) is 11.8 Å². The molecule has 2 aromatic carbocycles. The SMILES string of the molecule is C=C(CC)[C@H]1NC(=O)C[C@@H](c2cccc(Br)c2)[C@]12C(=O)Nc1cc(Cl)ccc12. The fraction of sp³-hybridized carbons (Fsp3) is 0.273. The highest BCUT2D eigenvalue weighted by atomic mass is 79.9. The lowest BCUT2D eigenvalue weighted by molar-refractivity contribution is -0.130. The van der Waals surface area contributed by atoms with Crippen molar-refractivity contribution in [3.05, 3.63) is 75.2 Å². The second kappa shape index (κ2) is 7.05. The molecule has 2 amide bonds. The second-order valence-corrected chi connectivity index (χ2v) is 8.69. The minimum Gasteiger partial charge on any atom is -0.348 e. The summed E-state index contributed by atoms with van der Waals surface area (Å²) in [5, 5.41) is 6.62. The van der Waals surface area contributed by atoms with Gasteiger partial charge in [-0.2, -0.15) is 0 Å². The molecule has 2 aromatic rings. The summed E-state index contributed by atoms with van der Waals surface area (Å²) in [4.78, 5) is 26.2. The van der Waals surface area contributed by atoms with Crippen LogP contribution >= 0.6 is 27.5 Å². The number of nitrogens with one attached hydrogen (secondary N) is 2. The monoisotopic (exact) mass is 458 g/mol. The van der Waals surface area contributed by atoms with Gasteiger partial charge in [0.1, 0.15) is 5.41 Å². The molecule has 4 nitrogen and oxygen atoms in total. The van der Waals surface area contributed by atoms with E-state index in [4.69, 9.17) is 11.6 Å². The molecule has 4 rings (SSSR count). The molecule has 1 saturated heterocycles. The molecule has 2 N–H and O–H groups in total. The number of piperidine rings is 1. The number of anilines is 1. The van der Waals surface area contributed by atoms with Crippen LogP contribution in [0.5, 0.6) is 0 Å². The van der Waals surface area contributed by atoms with Crippen molar-refractivity contribution in [2.24, 2.45) is 0 Å². The lowest BCUT2D eigenvalue weighted by Crippen LogP contribution is -2.62. The van der Waals surface area contributed by atoms with E-state index in [9.17, 15) is 9.59 Å². The molecule has 0 radical (unpaired) electrons. The molecule has 3 atom stereocenters. The molecular formula is C22H20BrClN2O2. The number of fused-ring (bicyclic) bond motifs is 2. The number of hydrogen-bond donors (Lipinski definition) is 2. The highest BCUT2D eigenvalue weighted by Gasteiger charge is 2.61. The number of amides is 2. The van der Waals surface area contributed by atoms with E-state index < -0.39 is 11.5 Å². The largest absolute Gasteiger partial charge is 0.348 e. The Bertz CT molecular complexity index is 1010. The Labute approximate surface area is 177 Å². The fourth-order valence-electron chi connectivity index (χ4n) is 4.57. The zero-order chi connectivity index (χ0) is 20.1. The van der Waals surface area contributed by atoms with E-state index in [1.165, 1.54) is 0 Å². The van der Waals surface area contributed by atoms with Crippen molar-refractivity contribution in [1.82, 2.24) is 5.32 Å². The van der Waals surface area contributed by atoms with Gasteiger partial charge in [-0.05, 0) is 41.8 Å². The summed E-state index contributed by atoms with van der Waals surface area (Å²) < 4.78 is 0.909. The molecule has 2 aliphatic rings. The Kier molecular flexibility index (Phi) is 4.84. The third-order valence-electron chi connectivity index (χ3n) is 5.86. The molecule has 28 heavy (non-hydrogen) atoms. The van der Waals surface area contributed by atoms with Crippen molar-refractivity contribution in [3.63, 3.8) is 0 Å². The van der Waals surface area contributed by atoms with Gasteiger partial charge in [-0.25, -0.2) is 0 Å². The van der Waals surface area contributed by atoms with Gasteiger partial charge in [0, 0.05) is 27.5 Å². The van der Waals surface area contributed by atoms with Gasteiger partial charge in [0.05, 0.1) is 6.04 Å². The van der Waals surface area contributed by atoms with Crippen LogP contribution < -0.4 is 10.6 Å². The molecule has 0 bridgehead atoms. The van der Waals surface area contributed by atoms with Crippen LogP contribution in [0.3, 0.4) is 0 Å². The summed E-state index contributed by atoms with van der Waals surface area (Å²) in [5.74, 6) is -0.533. The molecule has 144 valence electrons. The minimum absolute atomic E-state index is 0.0783. The summed E-state index contributed by atoms with van der Waals surface area (Å²) in [6.45, 7) is 6.18. The van der Waals surface area contributed by atoms with E-state index in [0.29, 0.717) is 17.1 Å². The van der Waals surface area contributed by atoms with E-state index in [1.54, 1.807) is 12.1 Å². The van der Waals surface area contributed by atoms with Gasteiger partial charge in [0.25, 0.3) is 0 Å². The van der Waals surface area contributed by atoms with Crippen molar-refractivity contribution in [2.45, 2.75) is 37.1 Å². The topological polar surface area (TPSA) is 58.2 Å². The first-order valence-electron chi connectivity index (χ1n) is 9.22. The zero-order valence-electron chi connectivity index (χ0n) is 15.4. The number of carbonyl (C=O) groups excluding carboxylic acids is 2. The Balaban J connectivity index is 2.01. The highest BCUT2D eigenvalue weighted by molar-refractivity contribution is 9.10. The summed E-state index contributed by atoms with van der Waals surface area (Å²) in [6, 6.07) is 12.8. The number of halogens is 2. The molecule has 1 fully saturated rings. The number of hydrogen-bond acceptors (Lipinski definition) is 2. The van der Waals surface area contributed by atoms with Crippen LogP contribution in [0.25, 0.3) is 0 Å². The van der Waals surface area contributed by atoms with Gasteiger partial charge < -0.3 is 10.6 Å². The van der Waals surface area contributed by atoms with Crippen molar-refractivity contribution >= 4 is 45.0 Å². The van der Waals surface area contributed by atoms with Gasteiger partial charge in [-0.1, -0.05) is 64.8 Å². The second-order valence-electron chi connectivity index (χ2n) is 7.34. The van der Waals surface area contributed by atoms with Crippen LogP contribution in [0, 0.1) is 0 Å². The minimum atomic E-state index is -0.971. The van der Waals surface area contributed by atoms with Crippen LogP contribution in [0.15, 0.2) is 59.1 Å². The molecule has 2 heterocycles. The average Bonchev–Trinajstić information content (AvgIpc) is 2.94. The fourth-order valence-corrected chi connectivity index (χ4v) is 5.16. The Morgan fingerprint density at radius 1 is 1.29 bits per heavy atom. The Morgan fingerprint density at radius 3 is 2.79 bits per heavy atom. The molecule has 0 aromatic heterocycles. The zero-order valence-corrected chi connectivity index (χ0v) is 17.7. The van der Waals surface area contributed by atoms with Crippen LogP contribution in [0.2, 0.25) is 5.02 Å². The van der Waals surface area contributed by atoms with Crippen LogP contribution in [0.1, 0.15) is 36.8 Å². The van der Waals surface area contributed by atoms with Crippen LogP contribution in [-0.4, -0.2) is 17.9 Å². The van der Waals surface area contributed by atoms with E-state index >= 15 is 0 Å². The molecule has 1 spiro atoms. The van der Waals surface area contributed by atoms with E-state index in [2.05, 4.69) is 33.1 Å². The Hall–Kier alpha value is -2.11. The number of rotatable bonds is 3. The van der Waals surface area contributed by atoms with E-state index in [0.717, 1.165) is 21.2 Å². The predicted molar refractivity (Wildman–Crippen MR) is 115 cm³/mol. The smallest absolute Gasteiger partial charge is 0.238 e. The maximum atomic E-state index is 13.6. The standard InChI is InChI=1S/C22H20BrClN2O2/c1-3-12(2)20-22(16-8-7-15(24)10-18(16)25-21(22)28)17(11-19(27)26-20)13-5-4-6-14(23)9-13/h4-10,17,20H,2-3,11H2,1H3,(H,25,28)(H,26,27)/t17-,20+,22-/m0/s1. The molecule has 0 aliphatic carbocycles. The number of benzene rings is 2. The van der Waals surface area contributed by atoms with Crippen LogP contribution in [0.4, 0.5) is 5.69 Å². The third-order valence-corrected chi connectivity index (χ3v) is 6.59. The highest BCUT2D eigenvalue weighted by Crippen LogP contribution is 2.54. The summed E-state index contributed by atoms with van der Waals surface area (Å²) >= 11 is 9.70. The average molecular weight is 460 g/mol. The molecule has 0 saturated carbocycles. The van der Waals surface area contributed by atoms with Crippen molar-refractivity contribution in [3.8, 4) is 0 Å².